The first-order valence-corrected chi connectivity index (χ1v) is 9.75. The van der Waals surface area contributed by atoms with Crippen molar-refractivity contribution in [2.45, 2.75) is 26.7 Å². The van der Waals surface area contributed by atoms with Crippen LogP contribution in [0.15, 0.2) is 91.0 Å². The van der Waals surface area contributed by atoms with Crippen molar-refractivity contribution in [1.82, 2.24) is 0 Å². The minimum atomic E-state index is 1.06. The maximum atomic E-state index is 2.34. The van der Waals surface area contributed by atoms with E-state index in [0.29, 0.717) is 0 Å². The highest BCUT2D eigenvalue weighted by molar-refractivity contribution is 5.89. The predicted octanol–water partition coefficient (Wildman–Crippen LogP) is 7.43. The van der Waals surface area contributed by atoms with E-state index in [1.807, 2.05) is 0 Å². The van der Waals surface area contributed by atoms with Gasteiger partial charge in [-0.25, -0.2) is 0 Å². The number of rotatable bonds is 5. The first kappa shape index (κ1) is 17.4. The highest BCUT2D eigenvalue weighted by Gasteiger charge is 2.13. The summed E-state index contributed by atoms with van der Waals surface area (Å²) < 4.78 is 0. The van der Waals surface area contributed by atoms with Crippen molar-refractivity contribution < 1.29 is 0 Å². The van der Waals surface area contributed by atoms with Crippen molar-refractivity contribution in [3.63, 3.8) is 0 Å². The van der Waals surface area contributed by atoms with E-state index in [1.54, 1.807) is 0 Å². The Bertz CT molecular complexity index is 982. The van der Waals surface area contributed by atoms with E-state index in [1.165, 1.54) is 39.0 Å². The normalized spacial score (nSPS) is 10.9. The van der Waals surface area contributed by atoms with Gasteiger partial charge >= 0.3 is 0 Å². The fourth-order valence-corrected chi connectivity index (χ4v) is 3.52. The molecule has 0 fully saturated rings. The molecule has 1 nitrogen and oxygen atoms in total. The van der Waals surface area contributed by atoms with Crippen molar-refractivity contribution in [1.29, 1.82) is 0 Å². The van der Waals surface area contributed by atoms with Gasteiger partial charge in [0, 0.05) is 17.1 Å². The van der Waals surface area contributed by atoms with Crippen LogP contribution in [0.4, 0.5) is 17.1 Å². The number of fused-ring (bicyclic) bond motifs is 1. The minimum absolute atomic E-state index is 1.06. The Labute approximate surface area is 161 Å². The lowest BCUT2D eigenvalue weighted by Crippen LogP contribution is -2.10. The van der Waals surface area contributed by atoms with Gasteiger partial charge in [0.05, 0.1) is 0 Å². The first-order chi connectivity index (χ1) is 13.3. The Kier molecular flexibility index (Phi) is 4.93. The average Bonchev–Trinajstić information content (AvgIpc) is 2.75. The summed E-state index contributed by atoms with van der Waals surface area (Å²) in [5.74, 6) is 0. The second kappa shape index (κ2) is 7.67. The van der Waals surface area contributed by atoms with Gasteiger partial charge in [0.2, 0.25) is 0 Å². The highest BCUT2D eigenvalue weighted by atomic mass is 15.1. The molecule has 0 bridgehead atoms. The van der Waals surface area contributed by atoms with Gasteiger partial charge in [-0.1, -0.05) is 68.4 Å². The van der Waals surface area contributed by atoms with Gasteiger partial charge < -0.3 is 4.90 Å². The molecule has 4 aromatic rings. The molecule has 0 atom stereocenters. The Morgan fingerprint density at radius 1 is 0.519 bits per heavy atom. The molecular weight excluding hydrogens is 326 g/mol. The van der Waals surface area contributed by atoms with Crippen LogP contribution in [0.5, 0.6) is 0 Å². The number of benzene rings is 4. The fraction of sp³-hybridized carbons (Fsp3) is 0.154. The molecule has 0 aromatic heterocycles. The SMILES string of the molecule is CCc1ccc(N(c2ccc(CC)cc2)c2ccc3ccccc3c2)cc1. The molecule has 0 radical (unpaired) electrons. The van der Waals surface area contributed by atoms with E-state index in [4.69, 9.17) is 0 Å². The molecule has 0 unspecified atom stereocenters. The highest BCUT2D eigenvalue weighted by Crippen LogP contribution is 2.36. The van der Waals surface area contributed by atoms with Gasteiger partial charge in [-0.3, -0.25) is 0 Å². The Hall–Kier alpha value is -3.06. The largest absolute Gasteiger partial charge is 0.310 e. The molecule has 0 amide bonds. The maximum absolute atomic E-state index is 2.34. The van der Waals surface area contributed by atoms with Crippen LogP contribution >= 0.6 is 0 Å². The third-order valence-electron chi connectivity index (χ3n) is 5.20. The zero-order chi connectivity index (χ0) is 18.6. The second-order valence-electron chi connectivity index (χ2n) is 6.91. The maximum Gasteiger partial charge on any atom is 0.0468 e. The van der Waals surface area contributed by atoms with Crippen LogP contribution in [0.1, 0.15) is 25.0 Å². The van der Waals surface area contributed by atoms with E-state index in [2.05, 4.69) is 110 Å². The molecule has 0 N–H and O–H groups in total. The van der Waals surface area contributed by atoms with Crippen molar-refractivity contribution in [2.75, 3.05) is 4.90 Å². The summed E-state index contributed by atoms with van der Waals surface area (Å²) in [6, 6.07) is 33.0. The Morgan fingerprint density at radius 3 is 1.52 bits per heavy atom. The summed E-state index contributed by atoms with van der Waals surface area (Å²) in [4.78, 5) is 2.34. The Balaban J connectivity index is 1.84. The van der Waals surface area contributed by atoms with Crippen LogP contribution in [0.3, 0.4) is 0 Å². The van der Waals surface area contributed by atoms with Crippen LogP contribution < -0.4 is 4.90 Å². The smallest absolute Gasteiger partial charge is 0.0468 e. The molecule has 1 heteroatoms. The zero-order valence-corrected chi connectivity index (χ0v) is 16.0. The minimum Gasteiger partial charge on any atom is -0.310 e. The van der Waals surface area contributed by atoms with Gasteiger partial charge in [-0.15, -0.1) is 0 Å². The Morgan fingerprint density at radius 2 is 1.00 bits per heavy atom. The van der Waals surface area contributed by atoms with E-state index in [9.17, 15) is 0 Å². The summed E-state index contributed by atoms with van der Waals surface area (Å²) in [7, 11) is 0. The van der Waals surface area contributed by atoms with Gasteiger partial charge in [0.1, 0.15) is 0 Å². The molecule has 0 saturated carbocycles. The lowest BCUT2D eigenvalue weighted by Gasteiger charge is -2.26. The third kappa shape index (κ3) is 3.59. The quantitative estimate of drug-likeness (QED) is 0.361. The molecule has 0 aliphatic heterocycles. The number of hydrogen-bond donors (Lipinski definition) is 0. The molecule has 0 aliphatic carbocycles. The van der Waals surface area contributed by atoms with Crippen LogP contribution in [-0.4, -0.2) is 0 Å². The zero-order valence-electron chi connectivity index (χ0n) is 16.0. The van der Waals surface area contributed by atoms with E-state index in [-0.39, 0.29) is 0 Å². The number of nitrogens with zero attached hydrogens (tertiary/aromatic N) is 1. The molecule has 134 valence electrons. The summed E-state index contributed by atoms with van der Waals surface area (Å²) in [6.45, 7) is 4.39. The molecule has 0 heterocycles. The molecule has 4 rings (SSSR count). The lowest BCUT2D eigenvalue weighted by atomic mass is 10.1. The van der Waals surface area contributed by atoms with Crippen LogP contribution in [-0.2, 0) is 12.8 Å². The summed E-state index contributed by atoms with van der Waals surface area (Å²) in [5.41, 5.74) is 6.28. The fourth-order valence-electron chi connectivity index (χ4n) is 3.52. The molecule has 27 heavy (non-hydrogen) atoms. The van der Waals surface area contributed by atoms with Gasteiger partial charge in [0.25, 0.3) is 0 Å². The molecular formula is C26H25N. The summed E-state index contributed by atoms with van der Waals surface area (Å²) >= 11 is 0. The second-order valence-corrected chi connectivity index (χ2v) is 6.91. The average molecular weight is 351 g/mol. The van der Waals surface area contributed by atoms with Crippen LogP contribution in [0.2, 0.25) is 0 Å². The molecule has 4 aromatic carbocycles. The summed E-state index contributed by atoms with van der Waals surface area (Å²) in [5, 5.41) is 2.53. The third-order valence-corrected chi connectivity index (χ3v) is 5.20. The number of aryl methyl sites for hydroxylation is 2. The monoisotopic (exact) mass is 351 g/mol. The molecule has 0 spiro atoms. The van der Waals surface area contributed by atoms with Gasteiger partial charge in [0.15, 0.2) is 0 Å². The van der Waals surface area contributed by atoms with Gasteiger partial charge in [-0.05, 0) is 71.1 Å². The van der Waals surface area contributed by atoms with Gasteiger partial charge in [-0.2, -0.15) is 0 Å². The van der Waals surface area contributed by atoms with Crippen LogP contribution in [0, 0.1) is 0 Å². The van der Waals surface area contributed by atoms with E-state index in [0.717, 1.165) is 12.8 Å². The predicted molar refractivity (Wildman–Crippen MR) is 117 cm³/mol. The van der Waals surface area contributed by atoms with Crippen molar-refractivity contribution in [2.24, 2.45) is 0 Å². The molecule has 0 aliphatic rings. The number of anilines is 3. The first-order valence-electron chi connectivity index (χ1n) is 9.75. The lowest BCUT2D eigenvalue weighted by molar-refractivity contribution is 1.13. The van der Waals surface area contributed by atoms with E-state index < -0.39 is 0 Å². The standard InChI is InChI=1S/C26H25N/c1-3-20-9-14-24(15-10-20)27(25-16-11-21(4-2)12-17-25)26-18-13-22-7-5-6-8-23(22)19-26/h5-19H,3-4H2,1-2H3. The van der Waals surface area contributed by atoms with Crippen molar-refractivity contribution in [3.8, 4) is 0 Å². The van der Waals surface area contributed by atoms with E-state index >= 15 is 0 Å². The molecule has 0 saturated heterocycles. The summed E-state index contributed by atoms with van der Waals surface area (Å²) in [6.07, 6.45) is 2.11. The van der Waals surface area contributed by atoms with Crippen molar-refractivity contribution >= 4 is 27.8 Å². The topological polar surface area (TPSA) is 3.24 Å². The van der Waals surface area contributed by atoms with Crippen LogP contribution in [0.25, 0.3) is 10.8 Å². The van der Waals surface area contributed by atoms with Crippen molar-refractivity contribution in [3.05, 3.63) is 102 Å². The number of hydrogen-bond acceptors (Lipinski definition) is 1.